The van der Waals surface area contributed by atoms with Gasteiger partial charge >= 0.3 is 0 Å². The fourth-order valence-electron chi connectivity index (χ4n) is 3.57. The Balaban J connectivity index is 1.53. The molecule has 0 aliphatic carbocycles. The Bertz CT molecular complexity index is 1310. The van der Waals surface area contributed by atoms with Crippen molar-refractivity contribution >= 4 is 40.0 Å². The normalized spacial score (nSPS) is 10.6. The molecule has 35 heavy (non-hydrogen) atoms. The van der Waals surface area contributed by atoms with E-state index >= 15 is 0 Å². The lowest BCUT2D eigenvalue weighted by Gasteiger charge is -2.15. The summed E-state index contributed by atoms with van der Waals surface area (Å²) in [5, 5.41) is 5.88. The van der Waals surface area contributed by atoms with E-state index < -0.39 is 5.91 Å². The number of imidazole rings is 1. The smallest absolute Gasteiger partial charge is 0.257 e. The molecule has 3 N–H and O–H groups in total. The molecule has 9 heteroatoms. The molecule has 4 rings (SSSR count). The molecule has 0 aliphatic rings. The van der Waals surface area contributed by atoms with Gasteiger partial charge in [-0.25, -0.2) is 4.98 Å². The quantitative estimate of drug-likeness (QED) is 0.293. The first-order valence-corrected chi connectivity index (χ1v) is 11.6. The minimum absolute atomic E-state index is 0.120. The number of benzene rings is 3. The Kier molecular flexibility index (Phi) is 7.47. The highest BCUT2D eigenvalue weighted by molar-refractivity contribution is 7.80. The fourth-order valence-corrected chi connectivity index (χ4v) is 3.78. The minimum atomic E-state index is -0.391. The summed E-state index contributed by atoms with van der Waals surface area (Å²) < 4.78 is 16.6. The van der Waals surface area contributed by atoms with Crippen molar-refractivity contribution in [2.45, 2.75) is 13.8 Å². The van der Waals surface area contributed by atoms with Crippen LogP contribution in [0.5, 0.6) is 17.2 Å². The third-order valence-corrected chi connectivity index (χ3v) is 5.31. The van der Waals surface area contributed by atoms with Gasteiger partial charge < -0.3 is 24.5 Å². The van der Waals surface area contributed by atoms with Crippen molar-refractivity contribution in [3.05, 3.63) is 66.2 Å². The van der Waals surface area contributed by atoms with Crippen LogP contribution in [-0.4, -0.2) is 41.3 Å². The molecule has 3 aromatic carbocycles. The Morgan fingerprint density at radius 3 is 2.37 bits per heavy atom. The van der Waals surface area contributed by atoms with Gasteiger partial charge in [0.2, 0.25) is 0 Å². The molecule has 1 heterocycles. The number of methoxy groups -OCH3 is 1. The summed E-state index contributed by atoms with van der Waals surface area (Å²) in [7, 11) is 1.57. The number of thiocarbonyl (C=S) groups is 1. The van der Waals surface area contributed by atoms with Gasteiger partial charge in [-0.1, -0.05) is 12.1 Å². The van der Waals surface area contributed by atoms with Crippen LogP contribution < -0.4 is 24.8 Å². The highest BCUT2D eigenvalue weighted by Crippen LogP contribution is 2.30. The van der Waals surface area contributed by atoms with E-state index in [0.717, 1.165) is 16.6 Å². The molecular weight excluding hydrogens is 464 g/mol. The third kappa shape index (κ3) is 5.70. The van der Waals surface area contributed by atoms with Crippen molar-refractivity contribution in [2.75, 3.05) is 25.6 Å². The summed E-state index contributed by atoms with van der Waals surface area (Å²) in [5.41, 5.74) is 3.61. The average Bonchev–Trinajstić information content (AvgIpc) is 3.28. The van der Waals surface area contributed by atoms with Crippen LogP contribution in [-0.2, 0) is 0 Å². The van der Waals surface area contributed by atoms with Gasteiger partial charge in [0.25, 0.3) is 5.91 Å². The molecule has 0 bridgehead atoms. The van der Waals surface area contributed by atoms with Crippen LogP contribution in [0.1, 0.15) is 24.2 Å². The summed E-state index contributed by atoms with van der Waals surface area (Å²) in [5.74, 6) is 1.98. The lowest BCUT2D eigenvalue weighted by atomic mass is 10.1. The number of fused-ring (bicyclic) bond motifs is 1. The van der Waals surface area contributed by atoms with E-state index in [1.807, 2.05) is 56.3 Å². The van der Waals surface area contributed by atoms with Crippen molar-refractivity contribution in [1.29, 1.82) is 0 Å². The van der Waals surface area contributed by atoms with Gasteiger partial charge in [0, 0.05) is 17.2 Å². The molecule has 180 valence electrons. The topological polar surface area (TPSA) is 97.5 Å². The number of para-hydroxylation sites is 2. The van der Waals surface area contributed by atoms with Crippen LogP contribution in [0.15, 0.2) is 60.7 Å². The summed E-state index contributed by atoms with van der Waals surface area (Å²) in [4.78, 5) is 20.9. The third-order valence-electron chi connectivity index (χ3n) is 5.10. The number of H-pyrrole nitrogens is 1. The monoisotopic (exact) mass is 490 g/mol. The lowest BCUT2D eigenvalue weighted by Crippen LogP contribution is -2.34. The first-order chi connectivity index (χ1) is 17.0. The van der Waals surface area contributed by atoms with Crippen molar-refractivity contribution in [3.63, 3.8) is 0 Å². The zero-order valence-electron chi connectivity index (χ0n) is 19.7. The molecule has 0 unspecified atom stereocenters. The second kappa shape index (κ2) is 10.9. The van der Waals surface area contributed by atoms with Crippen LogP contribution in [0.4, 0.5) is 5.69 Å². The lowest BCUT2D eigenvalue weighted by molar-refractivity contribution is 0.0976. The van der Waals surface area contributed by atoms with Crippen molar-refractivity contribution in [3.8, 4) is 28.6 Å². The highest BCUT2D eigenvalue weighted by Gasteiger charge is 2.15. The second-order valence-electron chi connectivity index (χ2n) is 7.48. The van der Waals surface area contributed by atoms with E-state index in [-0.39, 0.29) is 5.11 Å². The van der Waals surface area contributed by atoms with Crippen molar-refractivity contribution in [2.24, 2.45) is 0 Å². The Labute approximate surface area is 208 Å². The second-order valence-corrected chi connectivity index (χ2v) is 7.89. The number of hydrogen-bond donors (Lipinski definition) is 3. The minimum Gasteiger partial charge on any atom is -0.495 e. The summed E-state index contributed by atoms with van der Waals surface area (Å²) in [6.07, 6.45) is 0. The zero-order chi connectivity index (χ0) is 24.8. The molecule has 0 fully saturated rings. The maximum atomic E-state index is 12.9. The maximum Gasteiger partial charge on any atom is 0.257 e. The van der Waals surface area contributed by atoms with E-state index in [0.29, 0.717) is 47.5 Å². The zero-order valence-corrected chi connectivity index (χ0v) is 20.5. The Morgan fingerprint density at radius 1 is 1.00 bits per heavy atom. The number of anilines is 1. The molecule has 0 spiro atoms. The number of rotatable bonds is 8. The van der Waals surface area contributed by atoms with E-state index in [1.54, 1.807) is 25.3 Å². The molecule has 4 aromatic rings. The predicted molar refractivity (Wildman–Crippen MR) is 141 cm³/mol. The van der Waals surface area contributed by atoms with Crippen molar-refractivity contribution < 1.29 is 19.0 Å². The first-order valence-electron chi connectivity index (χ1n) is 11.2. The van der Waals surface area contributed by atoms with E-state index in [1.165, 1.54) is 0 Å². The number of amides is 1. The van der Waals surface area contributed by atoms with Gasteiger partial charge in [0.05, 0.1) is 37.0 Å². The molecule has 1 aromatic heterocycles. The molecule has 8 nitrogen and oxygen atoms in total. The number of hydrogen-bond acceptors (Lipinski definition) is 6. The first kappa shape index (κ1) is 24.0. The predicted octanol–water partition coefficient (Wildman–Crippen LogP) is 5.16. The standard InChI is InChI=1S/C26H26N4O4S/c1-4-33-18-12-17(13-19(15-18)34-5-2)25(31)30-26(35)29-22-14-16(10-11-23(22)32-3)24-27-20-8-6-7-9-21(20)28-24/h6-15H,4-5H2,1-3H3,(H,27,28)(H2,29,30,31,35). The van der Waals surface area contributed by atoms with Crippen LogP contribution in [0.2, 0.25) is 0 Å². The van der Waals surface area contributed by atoms with Gasteiger partial charge in [-0.2, -0.15) is 0 Å². The number of carbonyl (C=O) groups excluding carboxylic acids is 1. The number of aromatic amines is 1. The molecule has 0 aliphatic heterocycles. The van der Waals surface area contributed by atoms with Gasteiger partial charge in [-0.3, -0.25) is 10.1 Å². The largest absolute Gasteiger partial charge is 0.495 e. The summed E-state index contributed by atoms with van der Waals surface area (Å²) in [6, 6.07) is 18.4. The number of aromatic nitrogens is 2. The highest BCUT2D eigenvalue weighted by atomic mass is 32.1. The number of ether oxygens (including phenoxy) is 3. The van der Waals surface area contributed by atoms with E-state index in [4.69, 9.17) is 26.4 Å². The number of nitrogens with one attached hydrogen (secondary N) is 3. The van der Waals surface area contributed by atoms with E-state index in [9.17, 15) is 4.79 Å². The van der Waals surface area contributed by atoms with Gasteiger partial charge in [-0.05, 0) is 68.5 Å². The van der Waals surface area contributed by atoms with Gasteiger partial charge in [0.15, 0.2) is 5.11 Å². The Hall–Kier alpha value is -4.11. The van der Waals surface area contributed by atoms with Crippen LogP contribution >= 0.6 is 12.2 Å². The van der Waals surface area contributed by atoms with E-state index in [2.05, 4.69) is 20.6 Å². The SMILES string of the molecule is CCOc1cc(OCC)cc(C(=O)NC(=S)Nc2cc(-c3nc4ccccc4[nH]3)ccc2OC)c1. The van der Waals surface area contributed by atoms with Crippen LogP contribution in [0, 0.1) is 0 Å². The average molecular weight is 491 g/mol. The number of carbonyl (C=O) groups is 1. The van der Waals surface area contributed by atoms with Gasteiger partial charge in [-0.15, -0.1) is 0 Å². The fraction of sp³-hybridized carbons (Fsp3) is 0.192. The molecule has 0 radical (unpaired) electrons. The van der Waals surface area contributed by atoms with Crippen LogP contribution in [0.3, 0.4) is 0 Å². The molecule has 0 saturated carbocycles. The van der Waals surface area contributed by atoms with Gasteiger partial charge in [0.1, 0.15) is 23.1 Å². The molecule has 1 amide bonds. The number of nitrogens with zero attached hydrogens (tertiary/aromatic N) is 1. The summed E-state index contributed by atoms with van der Waals surface area (Å²) >= 11 is 5.42. The molecule has 0 atom stereocenters. The van der Waals surface area contributed by atoms with Crippen LogP contribution in [0.25, 0.3) is 22.4 Å². The van der Waals surface area contributed by atoms with Crippen molar-refractivity contribution in [1.82, 2.24) is 15.3 Å². The molecular formula is C26H26N4O4S. The maximum absolute atomic E-state index is 12.9. The molecule has 0 saturated heterocycles. The Morgan fingerprint density at radius 2 is 1.71 bits per heavy atom. The summed E-state index contributed by atoms with van der Waals surface area (Å²) in [6.45, 7) is 4.69.